The number of carbonyl (C=O) groups is 2. The standard InChI is InChI=1S/C7H12BrN3O3/c8-6(5-12)10-1-3-11(4-2-10)9-7(13)14/h5-6,9H,1-4H2,(H,13,14). The van der Waals surface area contributed by atoms with Gasteiger partial charge >= 0.3 is 6.09 Å². The van der Waals surface area contributed by atoms with Crippen molar-refractivity contribution < 1.29 is 14.7 Å². The fraction of sp³-hybridized carbons (Fsp3) is 0.714. The molecule has 2 N–H and O–H groups in total. The normalized spacial score (nSPS) is 21.5. The summed E-state index contributed by atoms with van der Waals surface area (Å²) in [6, 6.07) is 0. The largest absolute Gasteiger partial charge is 0.464 e. The highest BCUT2D eigenvalue weighted by molar-refractivity contribution is 9.09. The Bertz CT molecular complexity index is 218. The Labute approximate surface area is 89.9 Å². The van der Waals surface area contributed by atoms with Crippen LogP contribution in [0.25, 0.3) is 0 Å². The van der Waals surface area contributed by atoms with Gasteiger partial charge in [-0.25, -0.2) is 9.80 Å². The maximum absolute atomic E-state index is 10.5. The summed E-state index contributed by atoms with van der Waals surface area (Å²) in [6.07, 6.45) is -0.232. The highest BCUT2D eigenvalue weighted by atomic mass is 79.9. The van der Waals surface area contributed by atoms with E-state index in [4.69, 9.17) is 5.11 Å². The van der Waals surface area contributed by atoms with Crippen molar-refractivity contribution in [3.63, 3.8) is 0 Å². The summed E-state index contributed by atoms with van der Waals surface area (Å²) in [5.41, 5.74) is 2.28. The lowest BCUT2D eigenvalue weighted by Gasteiger charge is -2.34. The summed E-state index contributed by atoms with van der Waals surface area (Å²) in [4.78, 5) is 22.4. The van der Waals surface area contributed by atoms with Gasteiger partial charge in [-0.1, -0.05) is 15.9 Å². The highest BCUT2D eigenvalue weighted by Crippen LogP contribution is 2.08. The van der Waals surface area contributed by atoms with E-state index in [9.17, 15) is 9.59 Å². The number of hydrogen-bond acceptors (Lipinski definition) is 4. The first kappa shape index (κ1) is 11.4. The summed E-state index contributed by atoms with van der Waals surface area (Å²) < 4.78 is 0. The van der Waals surface area contributed by atoms with E-state index < -0.39 is 6.09 Å². The van der Waals surface area contributed by atoms with Crippen LogP contribution in [-0.4, -0.2) is 58.5 Å². The van der Waals surface area contributed by atoms with Gasteiger partial charge in [-0.15, -0.1) is 0 Å². The molecule has 1 aliphatic rings. The zero-order valence-corrected chi connectivity index (χ0v) is 9.11. The van der Waals surface area contributed by atoms with Gasteiger partial charge in [0.05, 0.1) is 0 Å². The fourth-order valence-electron chi connectivity index (χ4n) is 1.30. The zero-order chi connectivity index (χ0) is 10.6. The van der Waals surface area contributed by atoms with Crippen molar-refractivity contribution in [3.05, 3.63) is 0 Å². The molecular weight excluding hydrogens is 254 g/mol. The molecule has 1 heterocycles. The number of nitrogens with zero attached hydrogens (tertiary/aromatic N) is 2. The molecule has 0 aromatic carbocycles. The highest BCUT2D eigenvalue weighted by Gasteiger charge is 2.22. The monoisotopic (exact) mass is 265 g/mol. The van der Waals surface area contributed by atoms with Crippen molar-refractivity contribution in [1.82, 2.24) is 15.3 Å². The Hall–Kier alpha value is -0.660. The summed E-state index contributed by atoms with van der Waals surface area (Å²) in [5, 5.41) is 10.1. The van der Waals surface area contributed by atoms with Crippen molar-refractivity contribution >= 4 is 28.3 Å². The van der Waals surface area contributed by atoms with Crippen molar-refractivity contribution in [2.75, 3.05) is 26.2 Å². The second kappa shape index (κ2) is 5.28. The number of carbonyl (C=O) groups excluding carboxylic acids is 1. The number of hydrogen-bond donors (Lipinski definition) is 2. The van der Waals surface area contributed by atoms with Crippen LogP contribution < -0.4 is 5.43 Å². The molecule has 1 unspecified atom stereocenters. The summed E-state index contributed by atoms with van der Waals surface area (Å²) >= 11 is 3.21. The van der Waals surface area contributed by atoms with Gasteiger partial charge in [0, 0.05) is 26.2 Å². The SMILES string of the molecule is O=CC(Br)N1CCN(NC(=O)O)CC1. The van der Waals surface area contributed by atoms with Gasteiger partial charge in [-0.3, -0.25) is 10.3 Å². The zero-order valence-electron chi connectivity index (χ0n) is 7.52. The first-order valence-corrected chi connectivity index (χ1v) is 5.13. The number of rotatable bonds is 3. The van der Waals surface area contributed by atoms with Crippen molar-refractivity contribution in [3.8, 4) is 0 Å². The number of hydrazine groups is 1. The molecule has 1 amide bonds. The fourth-order valence-corrected chi connectivity index (χ4v) is 1.71. The molecule has 0 aliphatic carbocycles. The van der Waals surface area contributed by atoms with Crippen LogP contribution in [-0.2, 0) is 4.79 Å². The first-order chi connectivity index (χ1) is 6.63. The third-order valence-corrected chi connectivity index (χ3v) is 2.82. The summed E-state index contributed by atoms with van der Waals surface area (Å²) in [7, 11) is 0. The summed E-state index contributed by atoms with van der Waals surface area (Å²) in [5.74, 6) is 0. The number of aldehydes is 1. The molecule has 80 valence electrons. The van der Waals surface area contributed by atoms with E-state index in [1.807, 2.05) is 4.90 Å². The molecule has 1 rings (SSSR count). The molecule has 1 atom stereocenters. The molecule has 1 aliphatic heterocycles. The summed E-state index contributed by atoms with van der Waals surface area (Å²) in [6.45, 7) is 2.49. The predicted molar refractivity (Wildman–Crippen MR) is 53.1 cm³/mol. The van der Waals surface area contributed by atoms with Gasteiger partial charge < -0.3 is 9.90 Å². The van der Waals surface area contributed by atoms with Crippen LogP contribution >= 0.6 is 15.9 Å². The van der Waals surface area contributed by atoms with E-state index in [1.54, 1.807) is 5.01 Å². The van der Waals surface area contributed by atoms with Gasteiger partial charge in [0.2, 0.25) is 0 Å². The van der Waals surface area contributed by atoms with Crippen LogP contribution in [0.1, 0.15) is 0 Å². The Balaban J connectivity index is 2.30. The van der Waals surface area contributed by atoms with Gasteiger partial charge in [-0.2, -0.15) is 0 Å². The average molecular weight is 266 g/mol. The molecule has 0 radical (unpaired) electrons. The van der Waals surface area contributed by atoms with Gasteiger partial charge in [0.25, 0.3) is 0 Å². The van der Waals surface area contributed by atoms with Crippen molar-refractivity contribution in [1.29, 1.82) is 0 Å². The Morgan fingerprint density at radius 2 is 2.00 bits per heavy atom. The van der Waals surface area contributed by atoms with Crippen LogP contribution in [0, 0.1) is 0 Å². The topological polar surface area (TPSA) is 72.9 Å². The molecule has 0 aromatic rings. The van der Waals surface area contributed by atoms with Crippen LogP contribution in [0.5, 0.6) is 0 Å². The second-order valence-corrected chi connectivity index (χ2v) is 3.89. The molecule has 1 saturated heterocycles. The number of carboxylic acid groups (broad SMARTS) is 1. The number of amides is 1. The molecular formula is C7H12BrN3O3. The number of piperazine rings is 1. The van der Waals surface area contributed by atoms with E-state index >= 15 is 0 Å². The maximum Gasteiger partial charge on any atom is 0.419 e. The maximum atomic E-state index is 10.5. The van der Waals surface area contributed by atoms with Crippen molar-refractivity contribution in [2.45, 2.75) is 4.95 Å². The van der Waals surface area contributed by atoms with E-state index in [-0.39, 0.29) is 4.95 Å². The number of nitrogens with one attached hydrogen (secondary N) is 1. The minimum atomic E-state index is -1.05. The van der Waals surface area contributed by atoms with E-state index in [2.05, 4.69) is 21.4 Å². The smallest absolute Gasteiger partial charge is 0.419 e. The lowest BCUT2D eigenvalue weighted by atomic mass is 10.3. The molecule has 0 saturated carbocycles. The molecule has 0 aromatic heterocycles. The van der Waals surface area contributed by atoms with E-state index in [0.717, 1.165) is 6.29 Å². The first-order valence-electron chi connectivity index (χ1n) is 4.21. The third kappa shape index (κ3) is 3.24. The molecule has 1 fully saturated rings. The molecule has 6 nitrogen and oxygen atoms in total. The third-order valence-electron chi connectivity index (χ3n) is 2.03. The van der Waals surface area contributed by atoms with Gasteiger partial charge in [0.15, 0.2) is 0 Å². The van der Waals surface area contributed by atoms with Crippen LogP contribution in [0.15, 0.2) is 0 Å². The minimum absolute atomic E-state index is 0.269. The quantitative estimate of drug-likeness (QED) is 0.417. The van der Waals surface area contributed by atoms with Crippen LogP contribution in [0.3, 0.4) is 0 Å². The second-order valence-electron chi connectivity index (χ2n) is 2.95. The van der Waals surface area contributed by atoms with E-state index in [0.29, 0.717) is 26.2 Å². The van der Waals surface area contributed by atoms with Crippen LogP contribution in [0.4, 0.5) is 4.79 Å². The number of alkyl halides is 1. The van der Waals surface area contributed by atoms with Crippen molar-refractivity contribution in [2.24, 2.45) is 0 Å². The van der Waals surface area contributed by atoms with E-state index in [1.165, 1.54) is 0 Å². The lowest BCUT2D eigenvalue weighted by Crippen LogP contribution is -2.54. The van der Waals surface area contributed by atoms with Gasteiger partial charge in [-0.05, 0) is 0 Å². The van der Waals surface area contributed by atoms with Gasteiger partial charge in [0.1, 0.15) is 11.2 Å². The molecule has 0 bridgehead atoms. The lowest BCUT2D eigenvalue weighted by molar-refractivity contribution is -0.110. The minimum Gasteiger partial charge on any atom is -0.464 e. The molecule has 0 spiro atoms. The molecule has 7 heteroatoms. The Morgan fingerprint density at radius 1 is 1.43 bits per heavy atom. The Morgan fingerprint density at radius 3 is 2.43 bits per heavy atom. The van der Waals surface area contributed by atoms with Crippen LogP contribution in [0.2, 0.25) is 0 Å². The molecule has 14 heavy (non-hydrogen) atoms. The average Bonchev–Trinajstić information content (AvgIpc) is 2.17. The predicted octanol–water partition coefficient (Wildman–Crippen LogP) is -0.293. The Kier molecular flexibility index (Phi) is 4.30. The number of halogens is 1.